The third-order valence-corrected chi connectivity index (χ3v) is 3.51. The molecule has 1 amide bonds. The van der Waals surface area contributed by atoms with Gasteiger partial charge in [0, 0.05) is 18.0 Å². The minimum atomic E-state index is -2.91. The first-order valence-electron chi connectivity index (χ1n) is 5.67. The molecule has 2 heterocycles. The summed E-state index contributed by atoms with van der Waals surface area (Å²) in [6.07, 6.45) is 0.982. The number of carbonyl (C=O) groups is 1. The van der Waals surface area contributed by atoms with Crippen LogP contribution in [0.1, 0.15) is 6.42 Å². The third kappa shape index (κ3) is 2.41. The third-order valence-electron chi connectivity index (χ3n) is 3.03. The molecule has 1 unspecified atom stereocenters. The number of hydrogen-bond donors (Lipinski definition) is 1. The maximum Gasteiger partial charge on any atom is 0.260 e. The Bertz CT molecular complexity index is 723. The minimum absolute atomic E-state index is 0.170. The number of carbonyl (C=O) groups excluding carboxylic acids is 1. The van der Waals surface area contributed by atoms with Crippen molar-refractivity contribution in [3.05, 3.63) is 28.6 Å². The molecule has 1 N–H and O–H groups in total. The Morgan fingerprint density at radius 1 is 1.40 bits per heavy atom. The van der Waals surface area contributed by atoms with E-state index in [0.29, 0.717) is 10.8 Å². The normalized spacial score (nSPS) is 19.9. The van der Waals surface area contributed by atoms with Crippen molar-refractivity contribution in [3.8, 4) is 0 Å². The number of alkyl halides is 2. The van der Waals surface area contributed by atoms with Crippen LogP contribution in [-0.4, -0.2) is 21.8 Å². The molecule has 1 fully saturated rings. The first-order valence-corrected chi connectivity index (χ1v) is 6.43. The molecule has 2 aromatic rings. The molecule has 1 saturated carbocycles. The van der Waals surface area contributed by atoms with Crippen molar-refractivity contribution in [2.24, 2.45) is 5.92 Å². The van der Waals surface area contributed by atoms with Crippen LogP contribution in [0.4, 0.5) is 14.6 Å². The number of anilines is 1. The van der Waals surface area contributed by atoms with Crippen molar-refractivity contribution in [2.45, 2.75) is 12.3 Å². The van der Waals surface area contributed by atoms with E-state index in [2.05, 4.69) is 15.3 Å². The second kappa shape index (κ2) is 4.49. The molecule has 0 bridgehead atoms. The molecule has 0 aliphatic heterocycles. The van der Waals surface area contributed by atoms with Crippen LogP contribution in [0.3, 0.4) is 0 Å². The van der Waals surface area contributed by atoms with Gasteiger partial charge in [0.15, 0.2) is 0 Å². The van der Waals surface area contributed by atoms with E-state index in [9.17, 15) is 13.6 Å². The van der Waals surface area contributed by atoms with E-state index in [-0.39, 0.29) is 16.1 Å². The zero-order valence-electron chi connectivity index (χ0n) is 9.83. The van der Waals surface area contributed by atoms with Gasteiger partial charge in [-0.1, -0.05) is 23.2 Å². The van der Waals surface area contributed by atoms with Gasteiger partial charge in [0.2, 0.25) is 5.91 Å². The van der Waals surface area contributed by atoms with Crippen molar-refractivity contribution in [1.29, 1.82) is 0 Å². The second-order valence-corrected chi connectivity index (χ2v) is 5.28. The smallest absolute Gasteiger partial charge is 0.260 e. The summed E-state index contributed by atoms with van der Waals surface area (Å²) in [5.74, 6) is -4.75. The lowest BCUT2D eigenvalue weighted by Gasteiger charge is -2.06. The van der Waals surface area contributed by atoms with Gasteiger partial charge in [-0.25, -0.2) is 18.7 Å². The second-order valence-electron chi connectivity index (χ2n) is 4.53. The van der Waals surface area contributed by atoms with E-state index in [4.69, 9.17) is 23.2 Å². The monoisotopic (exact) mass is 317 g/mol. The van der Waals surface area contributed by atoms with Gasteiger partial charge in [0.05, 0.1) is 0 Å². The Hall–Kier alpha value is -1.53. The van der Waals surface area contributed by atoms with Gasteiger partial charge in [-0.3, -0.25) is 4.79 Å². The fraction of sp³-hybridized carbons (Fsp3) is 0.250. The predicted molar refractivity (Wildman–Crippen MR) is 71.2 cm³/mol. The van der Waals surface area contributed by atoms with Crippen molar-refractivity contribution >= 4 is 45.7 Å². The Morgan fingerprint density at radius 3 is 2.75 bits per heavy atom. The van der Waals surface area contributed by atoms with Gasteiger partial charge in [-0.15, -0.1) is 0 Å². The van der Waals surface area contributed by atoms with Gasteiger partial charge in [0.1, 0.15) is 22.0 Å². The molecule has 1 aliphatic rings. The van der Waals surface area contributed by atoms with Crippen LogP contribution in [-0.2, 0) is 4.79 Å². The van der Waals surface area contributed by atoms with Gasteiger partial charge in [0.25, 0.3) is 5.92 Å². The molecule has 1 aliphatic carbocycles. The molecule has 104 valence electrons. The molecule has 20 heavy (non-hydrogen) atoms. The molecular formula is C12H7Cl2F2N3O. The first-order chi connectivity index (χ1) is 9.37. The van der Waals surface area contributed by atoms with Crippen molar-refractivity contribution in [2.75, 3.05) is 5.32 Å². The molecule has 2 aromatic heterocycles. The Labute approximate surface area is 122 Å². The Balaban J connectivity index is 1.88. The van der Waals surface area contributed by atoms with E-state index in [1.165, 1.54) is 12.3 Å². The molecule has 0 spiro atoms. The van der Waals surface area contributed by atoms with Crippen molar-refractivity contribution < 1.29 is 13.6 Å². The van der Waals surface area contributed by atoms with Crippen LogP contribution in [0.25, 0.3) is 10.8 Å². The number of rotatable bonds is 2. The van der Waals surface area contributed by atoms with Crippen LogP contribution in [0.15, 0.2) is 18.3 Å². The molecular weight excluding hydrogens is 311 g/mol. The van der Waals surface area contributed by atoms with Crippen molar-refractivity contribution in [1.82, 2.24) is 9.97 Å². The fourth-order valence-corrected chi connectivity index (χ4v) is 2.35. The van der Waals surface area contributed by atoms with Gasteiger partial charge < -0.3 is 5.32 Å². The number of halogens is 4. The summed E-state index contributed by atoms with van der Waals surface area (Å²) < 4.78 is 25.6. The molecule has 0 radical (unpaired) electrons. The average Bonchev–Trinajstić information content (AvgIpc) is 2.98. The standard InChI is InChI=1S/C12H7Cl2F2N3O/c13-8-1-5-2-9(17-4-6(5)10(14)18-8)19-11(20)7-3-12(7,15)16/h1-2,4,7H,3H2,(H,17,19,20). The number of fused-ring (bicyclic) bond motifs is 1. The van der Waals surface area contributed by atoms with Gasteiger partial charge in [-0.05, 0) is 17.5 Å². The van der Waals surface area contributed by atoms with Crippen molar-refractivity contribution in [3.63, 3.8) is 0 Å². The van der Waals surface area contributed by atoms with Gasteiger partial charge in [-0.2, -0.15) is 0 Å². The van der Waals surface area contributed by atoms with Gasteiger partial charge >= 0.3 is 0 Å². The number of aromatic nitrogens is 2. The molecule has 8 heteroatoms. The Kier molecular flexibility index (Phi) is 3.02. The zero-order chi connectivity index (χ0) is 14.5. The lowest BCUT2D eigenvalue weighted by Crippen LogP contribution is -2.18. The predicted octanol–water partition coefficient (Wildman–Crippen LogP) is 3.53. The lowest BCUT2D eigenvalue weighted by molar-refractivity contribution is -0.119. The number of nitrogens with zero attached hydrogens (tertiary/aromatic N) is 2. The maximum absolute atomic E-state index is 12.8. The summed E-state index contributed by atoms with van der Waals surface area (Å²) in [6.45, 7) is 0. The number of pyridine rings is 2. The number of amides is 1. The van der Waals surface area contributed by atoms with Crippen LogP contribution < -0.4 is 5.32 Å². The molecule has 0 aromatic carbocycles. The maximum atomic E-state index is 12.8. The first kappa shape index (κ1) is 13.5. The highest BCUT2D eigenvalue weighted by Gasteiger charge is 2.61. The molecule has 0 saturated heterocycles. The molecule has 1 atom stereocenters. The van der Waals surface area contributed by atoms with Crippen LogP contribution >= 0.6 is 23.2 Å². The Morgan fingerprint density at radius 2 is 2.10 bits per heavy atom. The summed E-state index contributed by atoms with van der Waals surface area (Å²) in [6, 6.07) is 3.05. The minimum Gasteiger partial charge on any atom is -0.310 e. The SMILES string of the molecule is O=C(Nc1cc2cc(Cl)nc(Cl)c2cn1)C1CC1(F)F. The summed E-state index contributed by atoms with van der Waals surface area (Å²) in [7, 11) is 0. The molecule has 4 nitrogen and oxygen atoms in total. The van der Waals surface area contributed by atoms with E-state index in [1.54, 1.807) is 6.07 Å². The van der Waals surface area contributed by atoms with Crippen LogP contribution in [0.2, 0.25) is 10.3 Å². The lowest BCUT2D eigenvalue weighted by atomic mass is 10.2. The average molecular weight is 318 g/mol. The summed E-state index contributed by atoms with van der Waals surface area (Å²) in [5, 5.41) is 3.91. The largest absolute Gasteiger partial charge is 0.310 e. The van der Waals surface area contributed by atoms with E-state index >= 15 is 0 Å². The highest BCUT2D eigenvalue weighted by molar-refractivity contribution is 6.36. The van der Waals surface area contributed by atoms with Crippen LogP contribution in [0.5, 0.6) is 0 Å². The summed E-state index contributed by atoms with van der Waals surface area (Å²) in [5.41, 5.74) is 0. The zero-order valence-corrected chi connectivity index (χ0v) is 11.3. The number of nitrogens with one attached hydrogen (secondary N) is 1. The highest BCUT2D eigenvalue weighted by atomic mass is 35.5. The van der Waals surface area contributed by atoms with Crippen LogP contribution in [0, 0.1) is 5.92 Å². The number of hydrogen-bond acceptors (Lipinski definition) is 3. The summed E-state index contributed by atoms with van der Waals surface area (Å²) >= 11 is 11.7. The fourth-order valence-electron chi connectivity index (χ4n) is 1.86. The van der Waals surface area contributed by atoms with E-state index < -0.39 is 24.2 Å². The summed E-state index contributed by atoms with van der Waals surface area (Å²) in [4.78, 5) is 19.4. The quantitative estimate of drug-likeness (QED) is 0.862. The molecule has 3 rings (SSSR count). The topological polar surface area (TPSA) is 54.9 Å². The highest BCUT2D eigenvalue weighted by Crippen LogP contribution is 2.49. The van der Waals surface area contributed by atoms with E-state index in [0.717, 1.165) is 0 Å². The van der Waals surface area contributed by atoms with E-state index in [1.807, 2.05) is 0 Å².